The van der Waals surface area contributed by atoms with Crippen molar-refractivity contribution in [2.45, 2.75) is 25.5 Å². The number of sulfone groups is 1. The maximum absolute atomic E-state index is 13.3. The minimum Gasteiger partial charge on any atom is -0.293 e. The first-order valence-electron chi connectivity index (χ1n) is 5.25. The number of carbonyl (C=O) groups is 1. The van der Waals surface area contributed by atoms with Crippen LogP contribution >= 0.6 is 0 Å². The van der Waals surface area contributed by atoms with Crippen LogP contribution in [0.1, 0.15) is 31.1 Å². The Hall–Kier alpha value is -1.30. The molecule has 0 heterocycles. The minimum atomic E-state index is -3.71. The standard InChI is InChI=1S/C12H14F2O3S/c1-12(2,3)18(16,17)7-11(15)9-6-8(13)4-5-10(9)14/h4-6H,7H2,1-3H3. The normalized spacial score (nSPS) is 12.5. The van der Waals surface area contributed by atoms with Crippen molar-refractivity contribution in [2.75, 3.05) is 5.75 Å². The van der Waals surface area contributed by atoms with Gasteiger partial charge < -0.3 is 0 Å². The van der Waals surface area contributed by atoms with E-state index in [0.29, 0.717) is 6.07 Å². The van der Waals surface area contributed by atoms with Crippen LogP contribution in [0, 0.1) is 11.6 Å². The van der Waals surface area contributed by atoms with Crippen LogP contribution in [-0.2, 0) is 9.84 Å². The summed E-state index contributed by atoms with van der Waals surface area (Å²) in [6, 6.07) is 2.37. The summed E-state index contributed by atoms with van der Waals surface area (Å²) >= 11 is 0. The zero-order valence-corrected chi connectivity index (χ0v) is 11.1. The highest BCUT2D eigenvalue weighted by atomic mass is 32.2. The molecule has 0 radical (unpaired) electrons. The number of benzene rings is 1. The molecule has 0 N–H and O–H groups in total. The molecule has 0 amide bonds. The molecular weight excluding hydrogens is 262 g/mol. The van der Waals surface area contributed by atoms with Crippen LogP contribution in [0.2, 0.25) is 0 Å². The topological polar surface area (TPSA) is 51.2 Å². The third kappa shape index (κ3) is 3.13. The van der Waals surface area contributed by atoms with Crippen LogP contribution in [0.15, 0.2) is 18.2 Å². The summed E-state index contributed by atoms with van der Waals surface area (Å²) < 4.78 is 48.7. The molecule has 0 atom stereocenters. The number of hydrogen-bond donors (Lipinski definition) is 0. The number of carbonyl (C=O) groups excluding carboxylic acids is 1. The average Bonchev–Trinajstić information content (AvgIpc) is 2.19. The Kier molecular flexibility index (Phi) is 3.90. The summed E-state index contributed by atoms with van der Waals surface area (Å²) in [6.45, 7) is 4.33. The largest absolute Gasteiger partial charge is 0.293 e. The molecule has 0 saturated carbocycles. The summed E-state index contributed by atoms with van der Waals surface area (Å²) in [5.41, 5.74) is -0.539. The summed E-state index contributed by atoms with van der Waals surface area (Å²) in [5, 5.41) is 0. The number of rotatable bonds is 3. The molecule has 0 spiro atoms. The third-order valence-electron chi connectivity index (χ3n) is 2.48. The molecule has 3 nitrogen and oxygen atoms in total. The lowest BCUT2D eigenvalue weighted by Crippen LogP contribution is -2.33. The molecule has 0 aliphatic rings. The summed E-state index contributed by atoms with van der Waals surface area (Å²) in [5.74, 6) is -3.49. The second kappa shape index (κ2) is 4.76. The molecule has 0 aromatic heterocycles. The van der Waals surface area contributed by atoms with Gasteiger partial charge in [-0.3, -0.25) is 4.79 Å². The fourth-order valence-corrected chi connectivity index (χ4v) is 2.11. The van der Waals surface area contributed by atoms with Gasteiger partial charge in [0.1, 0.15) is 17.4 Å². The molecule has 1 aromatic rings. The Balaban J connectivity index is 3.08. The molecule has 0 saturated heterocycles. The van der Waals surface area contributed by atoms with E-state index in [0.717, 1.165) is 12.1 Å². The summed E-state index contributed by atoms with van der Waals surface area (Å²) in [4.78, 5) is 11.7. The molecule has 0 unspecified atom stereocenters. The first-order valence-corrected chi connectivity index (χ1v) is 6.90. The van der Waals surface area contributed by atoms with E-state index < -0.39 is 43.3 Å². The Morgan fingerprint density at radius 1 is 1.22 bits per heavy atom. The van der Waals surface area contributed by atoms with E-state index in [1.165, 1.54) is 20.8 Å². The summed E-state index contributed by atoms with van der Waals surface area (Å²) in [6.07, 6.45) is 0. The van der Waals surface area contributed by atoms with Gasteiger partial charge in [-0.05, 0) is 39.0 Å². The van der Waals surface area contributed by atoms with Gasteiger partial charge in [0.15, 0.2) is 15.6 Å². The molecule has 0 fully saturated rings. The van der Waals surface area contributed by atoms with Crippen molar-refractivity contribution in [3.8, 4) is 0 Å². The van der Waals surface area contributed by atoms with Crippen LogP contribution in [0.3, 0.4) is 0 Å². The maximum atomic E-state index is 13.3. The fraction of sp³-hybridized carbons (Fsp3) is 0.417. The summed E-state index contributed by atoms with van der Waals surface area (Å²) in [7, 11) is -3.71. The second-order valence-corrected chi connectivity index (χ2v) is 7.66. The lowest BCUT2D eigenvalue weighted by atomic mass is 10.1. The lowest BCUT2D eigenvalue weighted by molar-refractivity contribution is 0.101. The van der Waals surface area contributed by atoms with Gasteiger partial charge in [-0.15, -0.1) is 0 Å². The van der Waals surface area contributed by atoms with Gasteiger partial charge in [-0.25, -0.2) is 17.2 Å². The number of hydrogen-bond acceptors (Lipinski definition) is 3. The van der Waals surface area contributed by atoms with Crippen molar-refractivity contribution < 1.29 is 22.0 Å². The monoisotopic (exact) mass is 276 g/mol. The Morgan fingerprint density at radius 3 is 2.28 bits per heavy atom. The highest BCUT2D eigenvalue weighted by molar-refractivity contribution is 7.93. The van der Waals surface area contributed by atoms with Crippen molar-refractivity contribution in [1.29, 1.82) is 0 Å². The van der Waals surface area contributed by atoms with Crippen molar-refractivity contribution in [1.82, 2.24) is 0 Å². The van der Waals surface area contributed by atoms with Crippen molar-refractivity contribution in [2.24, 2.45) is 0 Å². The van der Waals surface area contributed by atoms with Gasteiger partial charge in [0.25, 0.3) is 0 Å². The quantitative estimate of drug-likeness (QED) is 0.796. The van der Waals surface area contributed by atoms with E-state index in [9.17, 15) is 22.0 Å². The first kappa shape index (κ1) is 14.8. The molecule has 18 heavy (non-hydrogen) atoms. The molecule has 0 bridgehead atoms. The molecule has 0 aliphatic heterocycles. The van der Waals surface area contributed by atoms with Crippen molar-refractivity contribution >= 4 is 15.6 Å². The van der Waals surface area contributed by atoms with Gasteiger partial charge >= 0.3 is 0 Å². The molecular formula is C12H14F2O3S. The highest BCUT2D eigenvalue weighted by Gasteiger charge is 2.32. The predicted molar refractivity (Wildman–Crippen MR) is 64.2 cm³/mol. The zero-order valence-electron chi connectivity index (χ0n) is 10.3. The van der Waals surface area contributed by atoms with Crippen LogP contribution in [0.4, 0.5) is 8.78 Å². The SMILES string of the molecule is CC(C)(C)S(=O)(=O)CC(=O)c1cc(F)ccc1F. The van der Waals surface area contributed by atoms with Gasteiger partial charge in [0, 0.05) is 0 Å². The lowest BCUT2D eigenvalue weighted by Gasteiger charge is -2.18. The molecule has 6 heteroatoms. The molecule has 1 rings (SSSR count). The van der Waals surface area contributed by atoms with E-state index in [-0.39, 0.29) is 0 Å². The maximum Gasteiger partial charge on any atom is 0.180 e. The number of Topliss-reactive ketones (excluding diaryl/α,β-unsaturated/α-hetero) is 1. The van der Waals surface area contributed by atoms with E-state index in [4.69, 9.17) is 0 Å². The van der Waals surface area contributed by atoms with Gasteiger partial charge in [0.05, 0.1) is 10.3 Å². The van der Waals surface area contributed by atoms with Gasteiger partial charge in [-0.2, -0.15) is 0 Å². The van der Waals surface area contributed by atoms with E-state index >= 15 is 0 Å². The van der Waals surface area contributed by atoms with Crippen LogP contribution in [-0.4, -0.2) is 24.7 Å². The smallest absolute Gasteiger partial charge is 0.180 e. The highest BCUT2D eigenvalue weighted by Crippen LogP contribution is 2.18. The van der Waals surface area contributed by atoms with E-state index in [1.807, 2.05) is 0 Å². The number of halogens is 2. The molecule has 1 aromatic carbocycles. The fourth-order valence-electron chi connectivity index (χ4n) is 1.18. The second-order valence-electron chi connectivity index (χ2n) is 4.92. The number of ketones is 1. The van der Waals surface area contributed by atoms with E-state index in [2.05, 4.69) is 0 Å². The van der Waals surface area contributed by atoms with Gasteiger partial charge in [0.2, 0.25) is 0 Å². The average molecular weight is 276 g/mol. The van der Waals surface area contributed by atoms with Crippen LogP contribution < -0.4 is 0 Å². The third-order valence-corrected chi connectivity index (χ3v) is 4.99. The molecule has 100 valence electrons. The Bertz CT molecular complexity index is 571. The van der Waals surface area contributed by atoms with Crippen molar-refractivity contribution in [3.63, 3.8) is 0 Å². The van der Waals surface area contributed by atoms with E-state index in [1.54, 1.807) is 0 Å². The minimum absolute atomic E-state index is 0.539. The predicted octanol–water partition coefficient (Wildman–Crippen LogP) is 2.36. The van der Waals surface area contributed by atoms with Gasteiger partial charge in [-0.1, -0.05) is 0 Å². The molecule has 0 aliphatic carbocycles. The zero-order chi connectivity index (χ0) is 14.1. The van der Waals surface area contributed by atoms with Crippen LogP contribution in [0.5, 0.6) is 0 Å². The van der Waals surface area contributed by atoms with Crippen molar-refractivity contribution in [3.05, 3.63) is 35.4 Å². The Morgan fingerprint density at radius 2 is 1.78 bits per heavy atom. The first-order chi connectivity index (χ1) is 8.04. The Labute approximate surface area is 105 Å². The van der Waals surface area contributed by atoms with Crippen LogP contribution in [0.25, 0.3) is 0 Å².